The number of nitrogens with zero attached hydrogens (tertiary/aromatic N) is 5. The van der Waals surface area contributed by atoms with Gasteiger partial charge in [-0.2, -0.15) is 10.5 Å². The number of oxazole rings is 1. The first-order valence-corrected chi connectivity index (χ1v) is 6.31. The second-order valence-electron chi connectivity index (χ2n) is 4.24. The van der Waals surface area contributed by atoms with Gasteiger partial charge in [-0.25, -0.2) is 9.78 Å². The topological polar surface area (TPSA) is 143 Å². The predicted molar refractivity (Wildman–Crippen MR) is 76.7 cm³/mol. The number of H-pyrrole nitrogens is 1. The van der Waals surface area contributed by atoms with Gasteiger partial charge in [-0.1, -0.05) is 0 Å². The van der Waals surface area contributed by atoms with E-state index in [0.717, 1.165) is 0 Å². The minimum atomic E-state index is -0.653. The quantitative estimate of drug-likeness (QED) is 0.534. The van der Waals surface area contributed by atoms with Crippen molar-refractivity contribution in [1.82, 2.24) is 25.6 Å². The molecule has 10 nitrogen and oxygen atoms in total. The van der Waals surface area contributed by atoms with Crippen molar-refractivity contribution in [1.29, 1.82) is 5.26 Å². The van der Waals surface area contributed by atoms with Gasteiger partial charge >= 0.3 is 11.9 Å². The molecule has 3 rings (SSSR count). The Bertz CT molecular complexity index is 921. The Morgan fingerprint density at radius 1 is 1.52 bits per heavy atom. The van der Waals surface area contributed by atoms with Crippen molar-refractivity contribution in [3.8, 4) is 6.07 Å². The lowest BCUT2D eigenvalue weighted by Gasteiger charge is -2.00. The van der Waals surface area contributed by atoms with Crippen LogP contribution in [0.3, 0.4) is 0 Å². The summed E-state index contributed by atoms with van der Waals surface area (Å²) in [6, 6.07) is 6.97. The number of tetrazole rings is 1. The van der Waals surface area contributed by atoms with Crippen LogP contribution in [0.1, 0.15) is 16.5 Å². The molecule has 0 amide bonds. The van der Waals surface area contributed by atoms with Gasteiger partial charge in [0, 0.05) is 11.9 Å². The van der Waals surface area contributed by atoms with Gasteiger partial charge < -0.3 is 14.5 Å². The van der Waals surface area contributed by atoms with Crippen LogP contribution in [-0.4, -0.2) is 38.7 Å². The Morgan fingerprint density at radius 2 is 2.39 bits per heavy atom. The van der Waals surface area contributed by atoms with Crippen LogP contribution in [-0.2, 0) is 4.74 Å². The van der Waals surface area contributed by atoms with E-state index in [9.17, 15) is 4.79 Å². The Morgan fingerprint density at radius 3 is 3.09 bits per heavy atom. The molecule has 0 saturated carbocycles. The average molecular weight is 311 g/mol. The molecule has 10 heteroatoms. The van der Waals surface area contributed by atoms with Crippen molar-refractivity contribution in [3.05, 3.63) is 36.1 Å². The van der Waals surface area contributed by atoms with Crippen molar-refractivity contribution in [2.24, 2.45) is 0 Å². The van der Waals surface area contributed by atoms with Gasteiger partial charge in [-0.3, -0.25) is 0 Å². The standard InChI is InChI=1S/C13H9N7O3/c1-22-13(21)12-16-9-4-8(2-3-10(9)23-12)15-6-7(5-14)11-17-19-20-18-11/h2-4,6,15H,1H3,(H,17,18,19,20). The highest BCUT2D eigenvalue weighted by molar-refractivity contribution is 5.89. The molecule has 2 N–H and O–H groups in total. The van der Waals surface area contributed by atoms with E-state index in [0.29, 0.717) is 16.8 Å². The summed E-state index contributed by atoms with van der Waals surface area (Å²) in [4.78, 5) is 15.4. The molecule has 114 valence electrons. The highest BCUT2D eigenvalue weighted by Gasteiger charge is 2.14. The highest BCUT2D eigenvalue weighted by Crippen LogP contribution is 2.21. The van der Waals surface area contributed by atoms with Gasteiger partial charge in [0.05, 0.1) is 7.11 Å². The maximum absolute atomic E-state index is 11.4. The number of esters is 1. The summed E-state index contributed by atoms with van der Waals surface area (Å²) in [5.41, 5.74) is 1.76. The van der Waals surface area contributed by atoms with E-state index < -0.39 is 5.97 Å². The van der Waals surface area contributed by atoms with Crippen LogP contribution in [0.4, 0.5) is 5.69 Å². The minimum absolute atomic E-state index is 0.125. The molecule has 0 unspecified atom stereocenters. The second kappa shape index (κ2) is 5.94. The third kappa shape index (κ3) is 2.84. The average Bonchev–Trinajstić information content (AvgIpc) is 3.23. The summed E-state index contributed by atoms with van der Waals surface area (Å²) in [7, 11) is 1.25. The van der Waals surface area contributed by atoms with Gasteiger partial charge in [0.15, 0.2) is 5.58 Å². The van der Waals surface area contributed by atoms with Crippen molar-refractivity contribution in [2.45, 2.75) is 0 Å². The molecular weight excluding hydrogens is 302 g/mol. The first kappa shape index (κ1) is 14.2. The van der Waals surface area contributed by atoms with Crippen LogP contribution in [0.15, 0.2) is 28.8 Å². The normalized spacial score (nSPS) is 11.2. The SMILES string of the molecule is COC(=O)c1nc2cc(NC=C(C#N)c3nn[nH]n3)ccc2o1. The van der Waals surface area contributed by atoms with Gasteiger partial charge in [0.25, 0.3) is 0 Å². The monoisotopic (exact) mass is 311 g/mol. The molecular formula is C13H9N7O3. The van der Waals surface area contributed by atoms with Crippen LogP contribution in [0.25, 0.3) is 16.7 Å². The lowest BCUT2D eigenvalue weighted by molar-refractivity contribution is 0.0558. The van der Waals surface area contributed by atoms with Gasteiger partial charge in [0.1, 0.15) is 17.2 Å². The smallest absolute Gasteiger partial charge is 0.394 e. The third-order valence-corrected chi connectivity index (χ3v) is 2.84. The number of methoxy groups -OCH3 is 1. The summed E-state index contributed by atoms with van der Waals surface area (Å²) in [6.07, 6.45) is 1.44. The first-order valence-electron chi connectivity index (χ1n) is 6.31. The maximum atomic E-state index is 11.4. The molecule has 0 bridgehead atoms. The number of benzene rings is 1. The fourth-order valence-electron chi connectivity index (χ4n) is 1.77. The van der Waals surface area contributed by atoms with Crippen LogP contribution in [0.2, 0.25) is 0 Å². The number of aromatic nitrogens is 5. The third-order valence-electron chi connectivity index (χ3n) is 2.84. The fraction of sp³-hybridized carbons (Fsp3) is 0.0769. The number of allylic oxidation sites excluding steroid dienone is 1. The largest absolute Gasteiger partial charge is 0.462 e. The molecule has 0 aliphatic rings. The summed E-state index contributed by atoms with van der Waals surface area (Å²) < 4.78 is 9.82. The van der Waals surface area contributed by atoms with E-state index in [1.54, 1.807) is 18.2 Å². The molecule has 2 aromatic heterocycles. The molecule has 0 saturated heterocycles. The van der Waals surface area contributed by atoms with E-state index >= 15 is 0 Å². The van der Waals surface area contributed by atoms with Crippen LogP contribution in [0.5, 0.6) is 0 Å². The van der Waals surface area contributed by atoms with Crippen molar-refractivity contribution >= 4 is 28.3 Å². The number of nitriles is 1. The number of rotatable bonds is 4. The molecule has 0 atom stereocenters. The van der Waals surface area contributed by atoms with E-state index in [-0.39, 0.29) is 17.3 Å². The lowest BCUT2D eigenvalue weighted by Crippen LogP contribution is -2.00. The Hall–Kier alpha value is -3.74. The summed E-state index contributed by atoms with van der Waals surface area (Å²) >= 11 is 0. The van der Waals surface area contributed by atoms with E-state index in [1.165, 1.54) is 13.3 Å². The zero-order valence-corrected chi connectivity index (χ0v) is 11.8. The van der Waals surface area contributed by atoms with E-state index in [1.807, 2.05) is 6.07 Å². The Labute approximate surface area is 128 Å². The molecule has 23 heavy (non-hydrogen) atoms. The van der Waals surface area contributed by atoms with E-state index in [2.05, 4.69) is 35.7 Å². The number of carbonyl (C=O) groups is 1. The lowest BCUT2D eigenvalue weighted by atomic mass is 10.2. The van der Waals surface area contributed by atoms with Crippen LogP contribution in [0, 0.1) is 11.3 Å². The van der Waals surface area contributed by atoms with Gasteiger partial charge in [-0.05, 0) is 23.4 Å². The molecule has 0 aliphatic carbocycles. The van der Waals surface area contributed by atoms with Crippen molar-refractivity contribution in [3.63, 3.8) is 0 Å². The summed E-state index contributed by atoms with van der Waals surface area (Å²) in [5, 5.41) is 25.1. The van der Waals surface area contributed by atoms with Crippen molar-refractivity contribution < 1.29 is 13.9 Å². The molecule has 1 aromatic carbocycles. The van der Waals surface area contributed by atoms with Crippen molar-refractivity contribution in [2.75, 3.05) is 12.4 Å². The number of ether oxygens (including phenoxy) is 1. The first-order chi connectivity index (χ1) is 11.2. The Kier molecular flexibility index (Phi) is 3.67. The molecule has 0 aliphatic heterocycles. The molecule has 0 fully saturated rings. The molecule has 0 radical (unpaired) electrons. The minimum Gasteiger partial charge on any atom is -0.462 e. The Balaban J connectivity index is 1.86. The van der Waals surface area contributed by atoms with Gasteiger partial charge in [-0.15, -0.1) is 10.2 Å². The second-order valence-corrected chi connectivity index (χ2v) is 4.24. The number of hydrogen-bond donors (Lipinski definition) is 2. The maximum Gasteiger partial charge on any atom is 0.394 e. The van der Waals surface area contributed by atoms with Gasteiger partial charge in [0.2, 0.25) is 5.82 Å². The zero-order chi connectivity index (χ0) is 16.2. The molecule has 0 spiro atoms. The number of anilines is 1. The predicted octanol–water partition coefficient (Wildman–Crippen LogP) is 1.10. The van der Waals surface area contributed by atoms with Crippen LogP contribution < -0.4 is 5.32 Å². The highest BCUT2D eigenvalue weighted by atomic mass is 16.5. The number of fused-ring (bicyclic) bond motifs is 1. The van der Waals surface area contributed by atoms with Crippen LogP contribution >= 0.6 is 0 Å². The zero-order valence-electron chi connectivity index (χ0n) is 11.8. The summed E-state index contributed by atoms with van der Waals surface area (Å²) in [6.45, 7) is 0. The van der Waals surface area contributed by atoms with E-state index in [4.69, 9.17) is 9.68 Å². The fourth-order valence-corrected chi connectivity index (χ4v) is 1.77. The number of aromatic amines is 1. The number of carbonyl (C=O) groups excluding carboxylic acids is 1. The summed E-state index contributed by atoms with van der Waals surface area (Å²) in [5.74, 6) is -0.602. The molecule has 3 aromatic rings. The number of nitrogens with one attached hydrogen (secondary N) is 2. The number of hydrogen-bond acceptors (Lipinski definition) is 9. The molecule has 2 heterocycles.